The molecule has 23 heavy (non-hydrogen) atoms. The molecule has 0 saturated carbocycles. The highest BCUT2D eigenvalue weighted by molar-refractivity contribution is 5.91. The first-order chi connectivity index (χ1) is 10.9. The third-order valence-electron chi connectivity index (χ3n) is 3.88. The van der Waals surface area contributed by atoms with Crippen LogP contribution in [-0.4, -0.2) is 53.1 Å². The fraction of sp³-hybridized carbons (Fsp3) is 0.429. The smallest absolute Gasteiger partial charge is 0.187 e. The van der Waals surface area contributed by atoms with Crippen LogP contribution in [0.2, 0.25) is 0 Å². The Morgan fingerprint density at radius 1 is 1.00 bits per heavy atom. The van der Waals surface area contributed by atoms with Crippen LogP contribution < -0.4 is 11.2 Å². The number of nitrogen functional groups attached to an aromatic ring is 1. The van der Waals surface area contributed by atoms with Crippen LogP contribution in [0.5, 0.6) is 0 Å². The van der Waals surface area contributed by atoms with Crippen LogP contribution in [-0.2, 0) is 0 Å². The number of hydrazine groups is 1. The van der Waals surface area contributed by atoms with Crippen LogP contribution >= 0.6 is 0 Å². The van der Waals surface area contributed by atoms with Crippen molar-refractivity contribution in [3.05, 3.63) is 23.3 Å². The van der Waals surface area contributed by atoms with Crippen molar-refractivity contribution < 1.29 is 13.2 Å². The van der Waals surface area contributed by atoms with Gasteiger partial charge in [0.05, 0.1) is 5.39 Å². The van der Waals surface area contributed by atoms with E-state index in [0.29, 0.717) is 13.1 Å². The summed E-state index contributed by atoms with van der Waals surface area (Å²) in [4.78, 5) is 9.71. The third-order valence-corrected chi connectivity index (χ3v) is 3.88. The molecule has 2 aromatic rings. The molecule has 1 aliphatic rings. The molecular weight excluding hydrogens is 309 g/mol. The van der Waals surface area contributed by atoms with Gasteiger partial charge in [-0.05, 0) is 14.0 Å². The highest BCUT2D eigenvalue weighted by Gasteiger charge is 2.25. The molecule has 2 heterocycles. The van der Waals surface area contributed by atoms with Gasteiger partial charge in [-0.15, -0.1) is 0 Å². The van der Waals surface area contributed by atoms with E-state index in [1.165, 1.54) is 6.92 Å². The molecule has 3 N–H and O–H groups in total. The van der Waals surface area contributed by atoms with Gasteiger partial charge in [-0.2, -0.15) is 0 Å². The molecule has 3 rings (SSSR count). The average molecular weight is 326 g/mol. The van der Waals surface area contributed by atoms with Gasteiger partial charge in [0.1, 0.15) is 22.8 Å². The molecule has 1 fully saturated rings. The van der Waals surface area contributed by atoms with Gasteiger partial charge in [0.15, 0.2) is 17.5 Å². The molecule has 0 amide bonds. The van der Waals surface area contributed by atoms with E-state index in [1.807, 2.05) is 7.05 Å². The average Bonchev–Trinajstić information content (AvgIpc) is 2.50. The van der Waals surface area contributed by atoms with E-state index in [0.717, 1.165) is 13.1 Å². The van der Waals surface area contributed by atoms with E-state index in [4.69, 9.17) is 5.73 Å². The first-order valence-electron chi connectivity index (χ1n) is 7.19. The number of nitrogens with zero attached hydrogens (tertiary/aromatic N) is 4. The molecule has 1 saturated heterocycles. The number of piperazine rings is 1. The summed E-state index contributed by atoms with van der Waals surface area (Å²) < 4.78 is 43.2. The molecule has 0 unspecified atom stereocenters. The minimum Gasteiger partial charge on any atom is -0.383 e. The maximum atomic E-state index is 14.6. The van der Waals surface area contributed by atoms with Gasteiger partial charge in [0.25, 0.3) is 0 Å². The number of aryl methyl sites for hydroxylation is 1. The SMILES string of the molecule is Cc1nc(N)c2c(F)c(F)c(NN3CCN(C)CC3)c(F)c2n1. The van der Waals surface area contributed by atoms with Gasteiger partial charge in [-0.3, -0.25) is 0 Å². The van der Waals surface area contributed by atoms with E-state index in [2.05, 4.69) is 20.3 Å². The van der Waals surface area contributed by atoms with E-state index in [-0.39, 0.29) is 17.2 Å². The molecule has 6 nitrogen and oxygen atoms in total. The highest BCUT2D eigenvalue weighted by atomic mass is 19.2. The molecule has 0 aliphatic carbocycles. The quantitative estimate of drug-likeness (QED) is 0.816. The Balaban J connectivity index is 2.07. The summed E-state index contributed by atoms with van der Waals surface area (Å²) in [5.74, 6) is -3.65. The van der Waals surface area contributed by atoms with Crippen molar-refractivity contribution in [3.63, 3.8) is 0 Å². The van der Waals surface area contributed by atoms with Crippen LogP contribution in [0, 0.1) is 24.4 Å². The number of benzene rings is 1. The molecular formula is C14H17F3N6. The largest absolute Gasteiger partial charge is 0.383 e. The van der Waals surface area contributed by atoms with Gasteiger partial charge in [-0.25, -0.2) is 28.1 Å². The topological polar surface area (TPSA) is 70.3 Å². The molecule has 0 atom stereocenters. The number of nitrogens with two attached hydrogens (primary N) is 1. The monoisotopic (exact) mass is 326 g/mol. The Morgan fingerprint density at radius 3 is 2.30 bits per heavy atom. The minimum atomic E-state index is -1.33. The van der Waals surface area contributed by atoms with Gasteiger partial charge >= 0.3 is 0 Å². The van der Waals surface area contributed by atoms with E-state index in [1.54, 1.807) is 5.01 Å². The van der Waals surface area contributed by atoms with Crippen molar-refractivity contribution in [3.8, 4) is 0 Å². The molecule has 9 heteroatoms. The van der Waals surface area contributed by atoms with Crippen LogP contribution in [0.1, 0.15) is 5.82 Å². The lowest BCUT2D eigenvalue weighted by molar-refractivity contribution is 0.178. The maximum absolute atomic E-state index is 14.6. The Bertz CT molecular complexity index is 758. The van der Waals surface area contributed by atoms with E-state index < -0.39 is 28.5 Å². The Hall–Kier alpha value is -2.13. The summed E-state index contributed by atoms with van der Waals surface area (Å²) in [6.45, 7) is 4.09. The summed E-state index contributed by atoms with van der Waals surface area (Å²) >= 11 is 0. The van der Waals surface area contributed by atoms with Crippen molar-refractivity contribution in [1.29, 1.82) is 0 Å². The lowest BCUT2D eigenvalue weighted by Crippen LogP contribution is -2.47. The number of hydrogen-bond acceptors (Lipinski definition) is 6. The summed E-state index contributed by atoms with van der Waals surface area (Å²) in [6.07, 6.45) is 0. The van der Waals surface area contributed by atoms with Crippen molar-refractivity contribution >= 4 is 22.4 Å². The Morgan fingerprint density at radius 2 is 1.65 bits per heavy atom. The predicted molar refractivity (Wildman–Crippen MR) is 81.3 cm³/mol. The summed E-state index contributed by atoms with van der Waals surface area (Å²) in [5.41, 5.74) is 7.32. The number of anilines is 2. The molecule has 124 valence electrons. The molecule has 0 bridgehead atoms. The van der Waals surface area contributed by atoms with Crippen molar-refractivity contribution in [2.45, 2.75) is 6.92 Å². The second-order valence-electron chi connectivity index (χ2n) is 5.60. The molecule has 0 spiro atoms. The van der Waals surface area contributed by atoms with Crippen LogP contribution in [0.25, 0.3) is 10.9 Å². The van der Waals surface area contributed by atoms with Crippen LogP contribution in [0.15, 0.2) is 0 Å². The standard InChI is InChI=1S/C14H17F3N6/c1-7-19-12-8(14(18)20-7)9(15)10(16)13(11(12)17)21-23-5-3-22(2)4-6-23/h21H,3-6H2,1-2H3,(H2,18,19,20). The first-order valence-corrected chi connectivity index (χ1v) is 7.19. The highest BCUT2D eigenvalue weighted by Crippen LogP contribution is 2.32. The first kappa shape index (κ1) is 15.8. The van der Waals surface area contributed by atoms with E-state index in [9.17, 15) is 13.2 Å². The summed E-state index contributed by atoms with van der Waals surface area (Å²) in [6, 6.07) is 0. The maximum Gasteiger partial charge on any atom is 0.187 e. The van der Waals surface area contributed by atoms with Gasteiger partial charge in [0.2, 0.25) is 0 Å². The zero-order valence-electron chi connectivity index (χ0n) is 12.8. The fourth-order valence-electron chi connectivity index (χ4n) is 2.58. The summed E-state index contributed by atoms with van der Waals surface area (Å²) in [5, 5.41) is 1.21. The second-order valence-corrected chi connectivity index (χ2v) is 5.60. The molecule has 0 radical (unpaired) electrons. The van der Waals surface area contributed by atoms with Crippen molar-refractivity contribution in [1.82, 2.24) is 19.9 Å². The minimum absolute atomic E-state index is 0.186. The zero-order chi connectivity index (χ0) is 16.7. The van der Waals surface area contributed by atoms with Gasteiger partial charge in [0, 0.05) is 26.2 Å². The Labute approximate surface area is 131 Å². The van der Waals surface area contributed by atoms with E-state index >= 15 is 0 Å². The molecule has 1 aromatic heterocycles. The number of halogens is 3. The zero-order valence-corrected chi connectivity index (χ0v) is 12.8. The fourth-order valence-corrected chi connectivity index (χ4v) is 2.58. The lowest BCUT2D eigenvalue weighted by atomic mass is 10.1. The number of likely N-dealkylation sites (N-methyl/N-ethyl adjacent to an activating group) is 1. The number of rotatable bonds is 2. The van der Waals surface area contributed by atoms with Gasteiger partial charge in [-0.1, -0.05) is 0 Å². The number of aromatic nitrogens is 2. The van der Waals surface area contributed by atoms with Gasteiger partial charge < -0.3 is 16.1 Å². The van der Waals surface area contributed by atoms with Crippen LogP contribution in [0.4, 0.5) is 24.7 Å². The molecule has 1 aliphatic heterocycles. The molecule has 1 aromatic carbocycles. The Kier molecular flexibility index (Phi) is 3.99. The third kappa shape index (κ3) is 2.77. The normalized spacial score (nSPS) is 16.9. The number of hydrogen-bond donors (Lipinski definition) is 2. The van der Waals surface area contributed by atoms with Crippen LogP contribution in [0.3, 0.4) is 0 Å². The predicted octanol–water partition coefficient (Wildman–Crippen LogP) is 1.51. The lowest BCUT2D eigenvalue weighted by Gasteiger charge is -2.33. The number of fused-ring (bicyclic) bond motifs is 1. The second kappa shape index (κ2) is 5.82. The van der Waals surface area contributed by atoms with Crippen molar-refractivity contribution in [2.24, 2.45) is 0 Å². The van der Waals surface area contributed by atoms with Crippen molar-refractivity contribution in [2.75, 3.05) is 44.4 Å². The number of nitrogens with one attached hydrogen (secondary N) is 1. The summed E-state index contributed by atoms with van der Waals surface area (Å²) in [7, 11) is 1.96.